The molecule has 0 atom stereocenters. The van der Waals surface area contributed by atoms with Crippen LogP contribution in [0.25, 0.3) is 10.9 Å². The fourth-order valence-electron chi connectivity index (χ4n) is 2.34. The SMILES string of the molecule is c1ccc2[nH]c(Sc3ccc(CNC4CC4)cn3)cc2c1. The van der Waals surface area contributed by atoms with Crippen molar-refractivity contribution in [2.24, 2.45) is 0 Å². The molecule has 2 heterocycles. The van der Waals surface area contributed by atoms with Gasteiger partial charge in [0.2, 0.25) is 0 Å². The molecule has 1 aliphatic carbocycles. The van der Waals surface area contributed by atoms with E-state index in [1.807, 2.05) is 12.3 Å². The number of hydrogen-bond acceptors (Lipinski definition) is 3. The van der Waals surface area contributed by atoms with Gasteiger partial charge in [-0.15, -0.1) is 0 Å². The molecule has 2 aromatic heterocycles. The number of aromatic nitrogens is 2. The highest BCUT2D eigenvalue weighted by molar-refractivity contribution is 7.99. The molecule has 3 aromatic rings. The number of rotatable bonds is 5. The number of fused-ring (bicyclic) bond motifs is 1. The van der Waals surface area contributed by atoms with Crippen molar-refractivity contribution in [2.75, 3.05) is 0 Å². The molecule has 1 aromatic carbocycles. The molecule has 106 valence electrons. The summed E-state index contributed by atoms with van der Waals surface area (Å²) in [6.45, 7) is 0.926. The number of H-pyrrole nitrogens is 1. The summed E-state index contributed by atoms with van der Waals surface area (Å²) in [4.78, 5) is 7.96. The number of aromatic amines is 1. The van der Waals surface area contributed by atoms with Gasteiger partial charge in [-0.1, -0.05) is 36.0 Å². The molecule has 2 N–H and O–H groups in total. The minimum atomic E-state index is 0.741. The number of nitrogens with one attached hydrogen (secondary N) is 2. The van der Waals surface area contributed by atoms with Crippen LogP contribution in [0, 0.1) is 0 Å². The van der Waals surface area contributed by atoms with Crippen molar-refractivity contribution in [2.45, 2.75) is 35.5 Å². The first kappa shape index (κ1) is 12.9. The smallest absolute Gasteiger partial charge is 0.102 e. The molecule has 1 saturated carbocycles. The Morgan fingerprint density at radius 2 is 2.10 bits per heavy atom. The van der Waals surface area contributed by atoms with Gasteiger partial charge < -0.3 is 10.3 Å². The lowest BCUT2D eigenvalue weighted by molar-refractivity contribution is 0.685. The molecule has 1 aliphatic rings. The summed E-state index contributed by atoms with van der Waals surface area (Å²) in [6.07, 6.45) is 4.61. The van der Waals surface area contributed by atoms with Gasteiger partial charge in [0.25, 0.3) is 0 Å². The Labute approximate surface area is 128 Å². The fourth-order valence-corrected chi connectivity index (χ4v) is 3.15. The summed E-state index contributed by atoms with van der Waals surface area (Å²) in [6, 6.07) is 15.5. The largest absolute Gasteiger partial charge is 0.349 e. The van der Waals surface area contributed by atoms with Gasteiger partial charge in [0.1, 0.15) is 5.03 Å². The second kappa shape index (κ2) is 5.54. The number of benzene rings is 1. The normalized spacial score (nSPS) is 14.7. The average molecular weight is 295 g/mol. The van der Waals surface area contributed by atoms with Gasteiger partial charge in [-0.3, -0.25) is 0 Å². The molecular weight excluding hydrogens is 278 g/mol. The summed E-state index contributed by atoms with van der Waals surface area (Å²) in [5, 5.41) is 6.90. The van der Waals surface area contributed by atoms with E-state index < -0.39 is 0 Å². The van der Waals surface area contributed by atoms with Gasteiger partial charge in [0.05, 0.1) is 5.03 Å². The predicted octanol–water partition coefficient (Wildman–Crippen LogP) is 3.97. The van der Waals surface area contributed by atoms with Crippen LogP contribution in [-0.2, 0) is 6.54 Å². The van der Waals surface area contributed by atoms with E-state index in [1.54, 1.807) is 11.8 Å². The van der Waals surface area contributed by atoms with Crippen LogP contribution in [0.3, 0.4) is 0 Å². The molecule has 0 aliphatic heterocycles. The van der Waals surface area contributed by atoms with Gasteiger partial charge in [0, 0.05) is 29.7 Å². The molecule has 0 unspecified atom stereocenters. The van der Waals surface area contributed by atoms with Crippen LogP contribution >= 0.6 is 11.8 Å². The van der Waals surface area contributed by atoms with Gasteiger partial charge >= 0.3 is 0 Å². The first-order valence-electron chi connectivity index (χ1n) is 7.31. The Morgan fingerprint density at radius 3 is 2.86 bits per heavy atom. The average Bonchev–Trinajstić information content (AvgIpc) is 3.25. The third kappa shape index (κ3) is 3.12. The van der Waals surface area contributed by atoms with Gasteiger partial charge in [0.15, 0.2) is 0 Å². The highest BCUT2D eigenvalue weighted by Gasteiger charge is 2.19. The molecule has 0 amide bonds. The Morgan fingerprint density at radius 1 is 1.19 bits per heavy atom. The van der Waals surface area contributed by atoms with Crippen molar-refractivity contribution in [3.8, 4) is 0 Å². The van der Waals surface area contributed by atoms with Crippen molar-refractivity contribution in [1.82, 2.24) is 15.3 Å². The fraction of sp³-hybridized carbons (Fsp3) is 0.235. The maximum Gasteiger partial charge on any atom is 0.102 e. The maximum absolute atomic E-state index is 4.55. The Bertz CT molecular complexity index is 711. The van der Waals surface area contributed by atoms with E-state index >= 15 is 0 Å². The zero-order chi connectivity index (χ0) is 14.1. The van der Waals surface area contributed by atoms with Crippen molar-refractivity contribution in [1.29, 1.82) is 0 Å². The zero-order valence-corrected chi connectivity index (χ0v) is 12.5. The van der Waals surface area contributed by atoms with Crippen molar-refractivity contribution < 1.29 is 0 Å². The van der Waals surface area contributed by atoms with E-state index in [9.17, 15) is 0 Å². The molecule has 4 rings (SSSR count). The van der Waals surface area contributed by atoms with Crippen molar-refractivity contribution in [3.63, 3.8) is 0 Å². The van der Waals surface area contributed by atoms with Crippen LogP contribution in [-0.4, -0.2) is 16.0 Å². The predicted molar refractivity (Wildman–Crippen MR) is 86.5 cm³/mol. The number of nitrogens with zero attached hydrogens (tertiary/aromatic N) is 1. The number of pyridine rings is 1. The van der Waals surface area contributed by atoms with Crippen LogP contribution in [0.2, 0.25) is 0 Å². The quantitative estimate of drug-likeness (QED) is 0.748. The van der Waals surface area contributed by atoms with E-state index in [2.05, 4.69) is 51.7 Å². The lowest BCUT2D eigenvalue weighted by Gasteiger charge is -2.03. The zero-order valence-electron chi connectivity index (χ0n) is 11.7. The molecule has 0 saturated heterocycles. The lowest BCUT2D eigenvalue weighted by atomic mass is 10.3. The molecule has 0 spiro atoms. The summed E-state index contributed by atoms with van der Waals surface area (Å²) in [5.74, 6) is 0. The first-order chi connectivity index (χ1) is 10.4. The van der Waals surface area contributed by atoms with E-state index in [0.717, 1.165) is 22.6 Å². The molecular formula is C17H17N3S. The van der Waals surface area contributed by atoms with E-state index in [1.165, 1.54) is 29.3 Å². The van der Waals surface area contributed by atoms with E-state index in [0.29, 0.717) is 0 Å². The third-order valence-corrected chi connectivity index (χ3v) is 4.58. The van der Waals surface area contributed by atoms with Crippen molar-refractivity contribution >= 4 is 22.7 Å². The Balaban J connectivity index is 1.45. The number of para-hydroxylation sites is 1. The monoisotopic (exact) mass is 295 g/mol. The summed E-state index contributed by atoms with van der Waals surface area (Å²) >= 11 is 1.67. The van der Waals surface area contributed by atoms with Crippen LogP contribution in [0.5, 0.6) is 0 Å². The molecule has 0 bridgehead atoms. The third-order valence-electron chi connectivity index (χ3n) is 3.69. The molecule has 3 nitrogen and oxygen atoms in total. The second-order valence-corrected chi connectivity index (χ2v) is 6.54. The topological polar surface area (TPSA) is 40.7 Å². The van der Waals surface area contributed by atoms with Crippen molar-refractivity contribution in [3.05, 3.63) is 54.2 Å². The highest BCUT2D eigenvalue weighted by Crippen LogP contribution is 2.28. The van der Waals surface area contributed by atoms with Gasteiger partial charge in [-0.05, 0) is 36.6 Å². The van der Waals surface area contributed by atoms with E-state index in [-0.39, 0.29) is 0 Å². The first-order valence-corrected chi connectivity index (χ1v) is 8.12. The van der Waals surface area contributed by atoms with Crippen LogP contribution in [0.1, 0.15) is 18.4 Å². The standard InChI is InChI=1S/C17H17N3S/c1-2-4-15-13(3-1)9-17(20-15)21-16-8-5-12(11-19-16)10-18-14-6-7-14/h1-5,8-9,11,14,18,20H,6-7,10H2. The molecule has 4 heteroatoms. The van der Waals surface area contributed by atoms with E-state index in [4.69, 9.17) is 0 Å². The van der Waals surface area contributed by atoms with Crippen LogP contribution in [0.4, 0.5) is 0 Å². The maximum atomic E-state index is 4.55. The Kier molecular flexibility index (Phi) is 3.41. The Hall–Kier alpha value is -1.78. The highest BCUT2D eigenvalue weighted by atomic mass is 32.2. The minimum absolute atomic E-state index is 0.741. The van der Waals surface area contributed by atoms with Gasteiger partial charge in [-0.25, -0.2) is 4.98 Å². The summed E-state index contributed by atoms with van der Waals surface area (Å²) < 4.78 is 0. The molecule has 21 heavy (non-hydrogen) atoms. The summed E-state index contributed by atoms with van der Waals surface area (Å²) in [7, 11) is 0. The number of hydrogen-bond donors (Lipinski definition) is 2. The molecule has 1 fully saturated rings. The van der Waals surface area contributed by atoms with Gasteiger partial charge in [-0.2, -0.15) is 0 Å². The molecule has 0 radical (unpaired) electrons. The second-order valence-electron chi connectivity index (χ2n) is 5.48. The van der Waals surface area contributed by atoms with Crippen LogP contribution in [0.15, 0.2) is 58.7 Å². The summed E-state index contributed by atoms with van der Waals surface area (Å²) in [5.41, 5.74) is 2.42. The minimum Gasteiger partial charge on any atom is -0.349 e. The van der Waals surface area contributed by atoms with Crippen LogP contribution < -0.4 is 5.32 Å². The lowest BCUT2D eigenvalue weighted by Crippen LogP contribution is -2.15.